The van der Waals surface area contributed by atoms with Gasteiger partial charge in [-0.1, -0.05) is 41.4 Å². The number of amides is 1. The third-order valence-electron chi connectivity index (χ3n) is 3.15. The maximum Gasteiger partial charge on any atom is 0.230 e. The van der Waals surface area contributed by atoms with Crippen LogP contribution in [0.2, 0.25) is 5.02 Å². The number of hydrogen-bond donors (Lipinski definition) is 1. The molecule has 0 unspecified atom stereocenters. The lowest BCUT2D eigenvalue weighted by Crippen LogP contribution is -2.24. The van der Waals surface area contributed by atoms with Crippen LogP contribution in [0.25, 0.3) is 0 Å². The standard InChI is InChI=1S/C18H20ClNO2S/c1-14-2-8-17(9-3-14)22-10-11-23-13-18(21)20-12-15-4-6-16(19)7-5-15/h2-9H,10-13H2,1H3,(H,20,21). The molecule has 0 saturated heterocycles. The zero-order chi connectivity index (χ0) is 16.5. The van der Waals surface area contributed by atoms with Gasteiger partial charge in [-0.2, -0.15) is 0 Å². The Kier molecular flexibility index (Phi) is 7.30. The van der Waals surface area contributed by atoms with E-state index in [0.29, 0.717) is 23.9 Å². The van der Waals surface area contributed by atoms with Gasteiger partial charge >= 0.3 is 0 Å². The second-order valence-electron chi connectivity index (χ2n) is 5.12. The fourth-order valence-corrected chi connectivity index (χ4v) is 2.63. The Hall–Kier alpha value is -1.65. The number of nitrogens with one attached hydrogen (secondary N) is 1. The van der Waals surface area contributed by atoms with Crippen LogP contribution in [0.4, 0.5) is 0 Å². The van der Waals surface area contributed by atoms with Crippen molar-refractivity contribution < 1.29 is 9.53 Å². The highest BCUT2D eigenvalue weighted by Gasteiger charge is 2.02. The van der Waals surface area contributed by atoms with Crippen molar-refractivity contribution in [2.24, 2.45) is 0 Å². The summed E-state index contributed by atoms with van der Waals surface area (Å²) < 4.78 is 5.62. The van der Waals surface area contributed by atoms with Crippen LogP contribution in [0.1, 0.15) is 11.1 Å². The molecule has 0 spiro atoms. The lowest BCUT2D eigenvalue weighted by molar-refractivity contribution is -0.118. The van der Waals surface area contributed by atoms with Crippen LogP contribution in [0.3, 0.4) is 0 Å². The molecule has 122 valence electrons. The van der Waals surface area contributed by atoms with Crippen molar-refractivity contribution in [1.82, 2.24) is 5.32 Å². The van der Waals surface area contributed by atoms with Crippen LogP contribution < -0.4 is 10.1 Å². The molecule has 2 rings (SSSR count). The van der Waals surface area contributed by atoms with Crippen molar-refractivity contribution in [3.05, 3.63) is 64.7 Å². The average Bonchev–Trinajstić information content (AvgIpc) is 2.56. The normalized spacial score (nSPS) is 10.3. The van der Waals surface area contributed by atoms with E-state index >= 15 is 0 Å². The van der Waals surface area contributed by atoms with Crippen LogP contribution in [0.5, 0.6) is 5.75 Å². The highest BCUT2D eigenvalue weighted by molar-refractivity contribution is 7.99. The van der Waals surface area contributed by atoms with E-state index in [2.05, 4.69) is 5.32 Å². The van der Waals surface area contributed by atoms with E-state index in [1.165, 1.54) is 5.56 Å². The lowest BCUT2D eigenvalue weighted by Gasteiger charge is -2.07. The number of benzene rings is 2. The molecule has 0 bridgehead atoms. The molecule has 3 nitrogen and oxygen atoms in total. The minimum absolute atomic E-state index is 0.0280. The van der Waals surface area contributed by atoms with E-state index in [4.69, 9.17) is 16.3 Å². The van der Waals surface area contributed by atoms with Gasteiger partial charge in [0.15, 0.2) is 0 Å². The molecule has 0 atom stereocenters. The fraction of sp³-hybridized carbons (Fsp3) is 0.278. The minimum atomic E-state index is 0.0280. The van der Waals surface area contributed by atoms with Crippen molar-refractivity contribution in [3.63, 3.8) is 0 Å². The van der Waals surface area contributed by atoms with Gasteiger partial charge in [-0.3, -0.25) is 4.79 Å². The maximum atomic E-state index is 11.8. The summed E-state index contributed by atoms with van der Waals surface area (Å²) >= 11 is 7.39. The second kappa shape index (κ2) is 9.48. The number of halogens is 1. The molecule has 1 N–H and O–H groups in total. The van der Waals surface area contributed by atoms with E-state index in [-0.39, 0.29) is 5.91 Å². The first-order chi connectivity index (χ1) is 11.1. The summed E-state index contributed by atoms with van der Waals surface area (Å²) in [5.74, 6) is 2.11. The Labute approximate surface area is 146 Å². The van der Waals surface area contributed by atoms with Crippen LogP contribution in [0, 0.1) is 6.92 Å². The molecule has 23 heavy (non-hydrogen) atoms. The molecule has 0 aliphatic heterocycles. The smallest absolute Gasteiger partial charge is 0.230 e. The van der Waals surface area contributed by atoms with E-state index in [1.54, 1.807) is 11.8 Å². The van der Waals surface area contributed by atoms with Gasteiger partial charge in [0.1, 0.15) is 5.75 Å². The highest BCUT2D eigenvalue weighted by Crippen LogP contribution is 2.12. The van der Waals surface area contributed by atoms with Gasteiger partial charge in [-0.05, 0) is 36.8 Å². The summed E-state index contributed by atoms with van der Waals surface area (Å²) in [6, 6.07) is 15.4. The molecular formula is C18H20ClNO2S. The Morgan fingerprint density at radius 3 is 2.52 bits per heavy atom. The number of ether oxygens (including phenoxy) is 1. The lowest BCUT2D eigenvalue weighted by atomic mass is 10.2. The molecule has 2 aromatic carbocycles. The van der Waals surface area contributed by atoms with Gasteiger partial charge < -0.3 is 10.1 Å². The predicted octanol–water partition coefficient (Wildman–Crippen LogP) is 4.08. The summed E-state index contributed by atoms with van der Waals surface area (Å²) in [6.45, 7) is 3.16. The largest absolute Gasteiger partial charge is 0.493 e. The van der Waals surface area contributed by atoms with Crippen LogP contribution in [-0.2, 0) is 11.3 Å². The number of hydrogen-bond acceptors (Lipinski definition) is 3. The molecule has 0 aromatic heterocycles. The summed E-state index contributed by atoms with van der Waals surface area (Å²) in [5, 5.41) is 3.59. The van der Waals surface area contributed by atoms with Gasteiger partial charge in [0.2, 0.25) is 5.91 Å². The first kappa shape index (κ1) is 17.7. The third kappa shape index (κ3) is 6.97. The zero-order valence-corrected chi connectivity index (χ0v) is 14.6. The monoisotopic (exact) mass is 349 g/mol. The Balaban J connectivity index is 1.56. The Bertz CT molecular complexity index is 614. The number of thioether (sulfide) groups is 1. The molecule has 1 amide bonds. The summed E-state index contributed by atoms with van der Waals surface area (Å²) in [7, 11) is 0. The second-order valence-corrected chi connectivity index (χ2v) is 6.66. The van der Waals surface area contributed by atoms with Crippen molar-refractivity contribution in [1.29, 1.82) is 0 Å². The van der Waals surface area contributed by atoms with E-state index in [9.17, 15) is 4.79 Å². The molecule has 2 aromatic rings. The molecule has 0 fully saturated rings. The van der Waals surface area contributed by atoms with E-state index < -0.39 is 0 Å². The number of rotatable bonds is 8. The third-order valence-corrected chi connectivity index (χ3v) is 4.33. The predicted molar refractivity (Wildman–Crippen MR) is 97.3 cm³/mol. The van der Waals surface area contributed by atoms with Crippen molar-refractivity contribution in [2.75, 3.05) is 18.1 Å². The number of aryl methyl sites for hydroxylation is 1. The average molecular weight is 350 g/mol. The van der Waals surface area contributed by atoms with Crippen molar-refractivity contribution >= 4 is 29.3 Å². The van der Waals surface area contributed by atoms with Crippen molar-refractivity contribution in [2.45, 2.75) is 13.5 Å². The first-order valence-electron chi connectivity index (χ1n) is 7.42. The van der Waals surface area contributed by atoms with Crippen molar-refractivity contribution in [3.8, 4) is 5.75 Å². The van der Waals surface area contributed by atoms with Gasteiger partial charge in [-0.25, -0.2) is 0 Å². The SMILES string of the molecule is Cc1ccc(OCCSCC(=O)NCc2ccc(Cl)cc2)cc1. The summed E-state index contributed by atoms with van der Waals surface area (Å²) in [4.78, 5) is 11.8. The molecular weight excluding hydrogens is 330 g/mol. The summed E-state index contributed by atoms with van der Waals surface area (Å²) in [6.07, 6.45) is 0. The molecule has 0 radical (unpaired) electrons. The Morgan fingerprint density at radius 1 is 1.13 bits per heavy atom. The highest BCUT2D eigenvalue weighted by atomic mass is 35.5. The molecule has 0 saturated carbocycles. The molecule has 0 aliphatic rings. The topological polar surface area (TPSA) is 38.3 Å². The van der Waals surface area contributed by atoms with Crippen LogP contribution in [-0.4, -0.2) is 24.0 Å². The van der Waals surface area contributed by atoms with Gasteiger partial charge in [0, 0.05) is 17.3 Å². The van der Waals surface area contributed by atoms with E-state index in [0.717, 1.165) is 17.1 Å². The number of carbonyl (C=O) groups excluding carboxylic acids is 1. The zero-order valence-electron chi connectivity index (χ0n) is 13.0. The Morgan fingerprint density at radius 2 is 1.83 bits per heavy atom. The molecule has 0 heterocycles. The maximum absolute atomic E-state index is 11.8. The van der Waals surface area contributed by atoms with Crippen LogP contribution >= 0.6 is 23.4 Å². The fourth-order valence-electron chi connectivity index (χ4n) is 1.87. The first-order valence-corrected chi connectivity index (χ1v) is 8.95. The minimum Gasteiger partial charge on any atom is -0.493 e. The molecule has 5 heteroatoms. The van der Waals surface area contributed by atoms with Gasteiger partial charge in [0.05, 0.1) is 12.4 Å². The van der Waals surface area contributed by atoms with Crippen LogP contribution in [0.15, 0.2) is 48.5 Å². The summed E-state index contributed by atoms with van der Waals surface area (Å²) in [5.41, 5.74) is 2.25. The number of carbonyl (C=O) groups is 1. The van der Waals surface area contributed by atoms with Gasteiger partial charge in [0.25, 0.3) is 0 Å². The molecule has 0 aliphatic carbocycles. The quantitative estimate of drug-likeness (QED) is 0.730. The van der Waals surface area contributed by atoms with Gasteiger partial charge in [-0.15, -0.1) is 11.8 Å². The van der Waals surface area contributed by atoms with E-state index in [1.807, 2.05) is 55.5 Å².